The summed E-state index contributed by atoms with van der Waals surface area (Å²) in [6.45, 7) is 0. The van der Waals surface area contributed by atoms with Gasteiger partial charge in [-0.25, -0.2) is 9.37 Å². The Morgan fingerprint density at radius 2 is 2.00 bits per heavy atom. The van der Waals surface area contributed by atoms with Crippen molar-refractivity contribution in [3.63, 3.8) is 0 Å². The van der Waals surface area contributed by atoms with E-state index in [4.69, 9.17) is 4.74 Å². The van der Waals surface area contributed by atoms with Gasteiger partial charge in [0.05, 0.1) is 18.5 Å². The molecule has 132 valence electrons. The van der Waals surface area contributed by atoms with Gasteiger partial charge in [-0.05, 0) is 49.6 Å². The fourth-order valence-corrected chi connectivity index (χ4v) is 3.82. The molecule has 4 rings (SSSR count). The molecule has 26 heavy (non-hydrogen) atoms. The highest BCUT2D eigenvalue weighted by atomic mass is 32.1. The Balaban J connectivity index is 1.56. The lowest BCUT2D eigenvalue weighted by Crippen LogP contribution is -2.14. The van der Waals surface area contributed by atoms with Crippen LogP contribution in [0.25, 0.3) is 11.3 Å². The van der Waals surface area contributed by atoms with Crippen LogP contribution in [0.5, 0.6) is 5.75 Å². The summed E-state index contributed by atoms with van der Waals surface area (Å²) in [5, 5.41) is 7.24. The Bertz CT molecular complexity index is 950. The first-order valence-electron chi connectivity index (χ1n) is 8.45. The van der Waals surface area contributed by atoms with Crippen LogP contribution in [0.1, 0.15) is 24.0 Å². The Morgan fingerprint density at radius 1 is 1.15 bits per heavy atom. The van der Waals surface area contributed by atoms with Crippen molar-refractivity contribution in [2.24, 2.45) is 5.10 Å². The van der Waals surface area contributed by atoms with Gasteiger partial charge in [-0.2, -0.15) is 5.10 Å². The largest absolute Gasteiger partial charge is 0.496 e. The summed E-state index contributed by atoms with van der Waals surface area (Å²) in [4.78, 5) is 4.54. The van der Waals surface area contributed by atoms with Crippen LogP contribution in [-0.2, 0) is 6.42 Å². The molecule has 0 atom stereocenters. The highest BCUT2D eigenvalue weighted by Crippen LogP contribution is 2.30. The van der Waals surface area contributed by atoms with E-state index in [-0.39, 0.29) is 5.82 Å². The van der Waals surface area contributed by atoms with E-state index in [0.717, 1.165) is 47.5 Å². The molecule has 1 aliphatic carbocycles. The molecule has 0 aliphatic heterocycles. The summed E-state index contributed by atoms with van der Waals surface area (Å²) in [6.07, 6.45) is 2.97. The van der Waals surface area contributed by atoms with Gasteiger partial charge in [-0.15, -0.1) is 11.3 Å². The Kier molecular flexibility index (Phi) is 4.67. The number of ether oxygens (including phenoxy) is 1. The van der Waals surface area contributed by atoms with Gasteiger partial charge in [0, 0.05) is 22.1 Å². The predicted octanol–water partition coefficient (Wildman–Crippen LogP) is 5.11. The first kappa shape index (κ1) is 16.7. The van der Waals surface area contributed by atoms with Gasteiger partial charge in [0.2, 0.25) is 5.13 Å². The number of methoxy groups -OCH3 is 1. The maximum absolute atomic E-state index is 13.1. The van der Waals surface area contributed by atoms with E-state index in [9.17, 15) is 4.39 Å². The van der Waals surface area contributed by atoms with Gasteiger partial charge in [-0.3, -0.25) is 5.43 Å². The summed E-state index contributed by atoms with van der Waals surface area (Å²) in [5.74, 6) is 0.669. The molecule has 0 radical (unpaired) electrons. The number of hydrazone groups is 1. The van der Waals surface area contributed by atoms with E-state index in [1.54, 1.807) is 19.2 Å². The molecule has 2 aromatic carbocycles. The maximum Gasteiger partial charge on any atom is 0.203 e. The minimum Gasteiger partial charge on any atom is -0.496 e. The minimum atomic E-state index is -0.250. The Labute approximate surface area is 155 Å². The monoisotopic (exact) mass is 367 g/mol. The third-order valence-corrected chi connectivity index (χ3v) is 5.18. The van der Waals surface area contributed by atoms with Crippen molar-refractivity contribution in [3.8, 4) is 17.0 Å². The number of hydrogen-bond acceptors (Lipinski definition) is 5. The van der Waals surface area contributed by atoms with E-state index in [2.05, 4.69) is 21.6 Å². The van der Waals surface area contributed by atoms with Crippen molar-refractivity contribution >= 4 is 22.2 Å². The third kappa shape index (κ3) is 3.32. The molecule has 0 fully saturated rings. The number of anilines is 1. The number of aromatic nitrogens is 1. The number of halogens is 1. The van der Waals surface area contributed by atoms with Crippen LogP contribution in [0.3, 0.4) is 0 Å². The van der Waals surface area contributed by atoms with E-state index < -0.39 is 0 Å². The van der Waals surface area contributed by atoms with Crippen LogP contribution in [0.15, 0.2) is 52.9 Å². The van der Waals surface area contributed by atoms with E-state index in [1.807, 2.05) is 17.5 Å². The lowest BCUT2D eigenvalue weighted by molar-refractivity contribution is 0.408. The van der Waals surface area contributed by atoms with Crippen LogP contribution in [0.2, 0.25) is 0 Å². The number of nitrogens with one attached hydrogen (secondary N) is 1. The van der Waals surface area contributed by atoms with Gasteiger partial charge in [0.1, 0.15) is 11.6 Å². The molecule has 1 heterocycles. The van der Waals surface area contributed by atoms with Gasteiger partial charge in [-0.1, -0.05) is 12.1 Å². The molecule has 3 aromatic rings. The Morgan fingerprint density at radius 3 is 2.81 bits per heavy atom. The maximum atomic E-state index is 13.1. The van der Waals surface area contributed by atoms with E-state index >= 15 is 0 Å². The Hall–Kier alpha value is -2.73. The molecule has 0 bridgehead atoms. The lowest BCUT2D eigenvalue weighted by atomic mass is 9.89. The van der Waals surface area contributed by atoms with E-state index in [1.165, 1.54) is 29.0 Å². The lowest BCUT2D eigenvalue weighted by Gasteiger charge is -2.20. The number of fused-ring (bicyclic) bond motifs is 1. The highest BCUT2D eigenvalue weighted by Gasteiger charge is 2.19. The van der Waals surface area contributed by atoms with Gasteiger partial charge < -0.3 is 4.74 Å². The number of thiazole rings is 1. The van der Waals surface area contributed by atoms with Crippen molar-refractivity contribution in [3.05, 3.63) is 64.8 Å². The summed E-state index contributed by atoms with van der Waals surface area (Å²) in [5.41, 5.74) is 8.14. The predicted molar refractivity (Wildman–Crippen MR) is 104 cm³/mol. The zero-order chi connectivity index (χ0) is 17.9. The zero-order valence-corrected chi connectivity index (χ0v) is 15.1. The number of rotatable bonds is 4. The van der Waals surface area contributed by atoms with Gasteiger partial charge in [0.15, 0.2) is 0 Å². The minimum absolute atomic E-state index is 0.250. The summed E-state index contributed by atoms with van der Waals surface area (Å²) in [6, 6.07) is 12.4. The molecule has 1 aliphatic rings. The van der Waals surface area contributed by atoms with Crippen molar-refractivity contribution in [1.29, 1.82) is 0 Å². The fraction of sp³-hybridized carbons (Fsp3) is 0.200. The van der Waals surface area contributed by atoms with Crippen LogP contribution >= 0.6 is 11.3 Å². The molecule has 0 saturated heterocycles. The molecular weight excluding hydrogens is 349 g/mol. The summed E-state index contributed by atoms with van der Waals surface area (Å²) < 4.78 is 18.5. The molecule has 0 saturated carbocycles. The van der Waals surface area contributed by atoms with Crippen LogP contribution in [-0.4, -0.2) is 17.8 Å². The third-order valence-electron chi connectivity index (χ3n) is 4.43. The molecule has 4 nitrogen and oxygen atoms in total. The zero-order valence-electron chi connectivity index (χ0n) is 14.3. The van der Waals surface area contributed by atoms with Crippen LogP contribution in [0.4, 0.5) is 9.52 Å². The first-order valence-corrected chi connectivity index (χ1v) is 9.33. The molecule has 0 unspecified atom stereocenters. The average molecular weight is 367 g/mol. The molecule has 1 N–H and O–H groups in total. The topological polar surface area (TPSA) is 46.5 Å². The number of nitrogens with zero attached hydrogens (tertiary/aromatic N) is 2. The quantitative estimate of drug-likeness (QED) is 0.652. The molecule has 6 heteroatoms. The summed E-state index contributed by atoms with van der Waals surface area (Å²) in [7, 11) is 1.70. The first-order chi connectivity index (χ1) is 12.7. The van der Waals surface area contributed by atoms with Crippen LogP contribution < -0.4 is 10.2 Å². The van der Waals surface area contributed by atoms with Crippen molar-refractivity contribution < 1.29 is 9.13 Å². The molecular formula is C20H18FN3OS. The second-order valence-electron chi connectivity index (χ2n) is 6.06. The average Bonchev–Trinajstić information content (AvgIpc) is 3.15. The second-order valence-corrected chi connectivity index (χ2v) is 6.91. The molecule has 0 spiro atoms. The molecule has 1 aromatic heterocycles. The van der Waals surface area contributed by atoms with Gasteiger partial charge in [0.25, 0.3) is 0 Å². The fourth-order valence-electron chi connectivity index (χ4n) is 3.16. The molecule has 0 amide bonds. The van der Waals surface area contributed by atoms with E-state index in [0.29, 0.717) is 5.13 Å². The smallest absolute Gasteiger partial charge is 0.203 e. The normalized spacial score (nSPS) is 14.9. The second kappa shape index (κ2) is 7.25. The SMILES string of the molecule is COc1cccc2c1CCC/C2=N/Nc1nc(-c2ccc(F)cc2)cs1. The standard InChI is InChI=1S/C20H18FN3OS/c1-25-19-7-3-4-15-16(19)5-2-6-17(15)23-24-20-22-18(12-26-20)13-8-10-14(21)11-9-13/h3-4,7-12H,2,5-6H2,1H3,(H,22,24)/b23-17-. The van der Waals surface area contributed by atoms with Crippen molar-refractivity contribution in [1.82, 2.24) is 4.98 Å². The van der Waals surface area contributed by atoms with Crippen LogP contribution in [0, 0.1) is 5.82 Å². The number of benzene rings is 2. The van der Waals surface area contributed by atoms with Gasteiger partial charge >= 0.3 is 0 Å². The number of hydrogen-bond donors (Lipinski definition) is 1. The summed E-state index contributed by atoms with van der Waals surface area (Å²) >= 11 is 1.48. The van der Waals surface area contributed by atoms with Crippen molar-refractivity contribution in [2.45, 2.75) is 19.3 Å². The highest BCUT2D eigenvalue weighted by molar-refractivity contribution is 7.14. The van der Waals surface area contributed by atoms with Crippen molar-refractivity contribution in [2.75, 3.05) is 12.5 Å².